The summed E-state index contributed by atoms with van der Waals surface area (Å²) < 4.78 is 5.85. The summed E-state index contributed by atoms with van der Waals surface area (Å²) in [4.78, 5) is 33.2. The number of nitrogens with one attached hydrogen (secondary N) is 1. The molecule has 2 aromatic carbocycles. The average Bonchev–Trinajstić information content (AvgIpc) is 3.37. The van der Waals surface area contributed by atoms with Crippen LogP contribution in [0, 0.1) is 6.92 Å². The van der Waals surface area contributed by atoms with Gasteiger partial charge in [0.1, 0.15) is 11.7 Å². The number of aryl methyl sites for hydroxylation is 1. The molecule has 2 heterocycles. The van der Waals surface area contributed by atoms with Crippen LogP contribution in [0.3, 0.4) is 0 Å². The minimum Gasteiger partial charge on any atom is -0.376 e. The predicted octanol–water partition coefficient (Wildman–Crippen LogP) is 4.07. The molecule has 2 amide bonds. The lowest BCUT2D eigenvalue weighted by atomic mass is 9.97. The van der Waals surface area contributed by atoms with Gasteiger partial charge < -0.3 is 15.0 Å². The number of nitrogens with zero attached hydrogens (tertiary/aromatic N) is 2. The first-order chi connectivity index (χ1) is 16.1. The van der Waals surface area contributed by atoms with E-state index in [1.165, 1.54) is 0 Å². The van der Waals surface area contributed by atoms with Crippen LogP contribution in [0.1, 0.15) is 46.1 Å². The van der Waals surface area contributed by atoms with Crippen LogP contribution in [-0.2, 0) is 16.1 Å². The second kappa shape index (κ2) is 10.9. The second-order valence-electron chi connectivity index (χ2n) is 8.27. The number of pyridine rings is 1. The van der Waals surface area contributed by atoms with Gasteiger partial charge in [0.2, 0.25) is 5.91 Å². The maximum Gasteiger partial charge on any atom is 0.273 e. The highest BCUT2D eigenvalue weighted by Crippen LogP contribution is 2.28. The maximum atomic E-state index is 13.7. The van der Waals surface area contributed by atoms with Crippen molar-refractivity contribution in [2.24, 2.45) is 0 Å². The van der Waals surface area contributed by atoms with Crippen molar-refractivity contribution in [3.8, 4) is 0 Å². The fourth-order valence-electron chi connectivity index (χ4n) is 4.18. The van der Waals surface area contributed by atoms with Gasteiger partial charge in [-0.3, -0.25) is 14.6 Å². The normalized spacial score (nSPS) is 16.2. The molecule has 0 radical (unpaired) electrons. The van der Waals surface area contributed by atoms with E-state index in [1.54, 1.807) is 29.3 Å². The topological polar surface area (TPSA) is 71.5 Å². The molecule has 0 aliphatic carbocycles. The first-order valence-corrected chi connectivity index (χ1v) is 11.3. The van der Waals surface area contributed by atoms with Gasteiger partial charge in [-0.2, -0.15) is 0 Å². The van der Waals surface area contributed by atoms with E-state index in [4.69, 9.17) is 4.74 Å². The summed E-state index contributed by atoms with van der Waals surface area (Å²) >= 11 is 0. The molecule has 1 aliphatic heterocycles. The summed E-state index contributed by atoms with van der Waals surface area (Å²) in [6, 6.07) is 21.9. The first-order valence-electron chi connectivity index (χ1n) is 11.3. The molecule has 0 bridgehead atoms. The van der Waals surface area contributed by atoms with E-state index in [1.807, 2.05) is 61.5 Å². The Morgan fingerprint density at radius 3 is 2.52 bits per heavy atom. The average molecular weight is 444 g/mol. The molecule has 0 spiro atoms. The number of carbonyl (C=O) groups excluding carboxylic acids is 2. The first kappa shape index (κ1) is 22.7. The van der Waals surface area contributed by atoms with Gasteiger partial charge in [0.15, 0.2) is 0 Å². The Morgan fingerprint density at radius 2 is 1.82 bits per heavy atom. The van der Waals surface area contributed by atoms with E-state index >= 15 is 0 Å². The summed E-state index contributed by atoms with van der Waals surface area (Å²) in [6.07, 6.45) is 3.30. The molecule has 2 atom stereocenters. The molecule has 1 fully saturated rings. The molecule has 1 aromatic heterocycles. The number of carbonyl (C=O) groups is 2. The highest BCUT2D eigenvalue weighted by molar-refractivity contribution is 5.96. The Bertz CT molecular complexity index is 1070. The molecular formula is C27H29N3O3. The van der Waals surface area contributed by atoms with Crippen molar-refractivity contribution in [3.63, 3.8) is 0 Å². The van der Waals surface area contributed by atoms with E-state index in [2.05, 4.69) is 10.3 Å². The van der Waals surface area contributed by atoms with Gasteiger partial charge in [-0.25, -0.2) is 0 Å². The van der Waals surface area contributed by atoms with Gasteiger partial charge in [-0.1, -0.05) is 60.7 Å². The van der Waals surface area contributed by atoms with Gasteiger partial charge in [-0.05, 0) is 48.6 Å². The molecule has 3 aromatic rings. The fourth-order valence-corrected chi connectivity index (χ4v) is 4.18. The van der Waals surface area contributed by atoms with E-state index in [-0.39, 0.29) is 17.9 Å². The van der Waals surface area contributed by atoms with Gasteiger partial charge in [-0.15, -0.1) is 0 Å². The van der Waals surface area contributed by atoms with Crippen LogP contribution >= 0.6 is 0 Å². The van der Waals surface area contributed by atoms with E-state index < -0.39 is 6.04 Å². The molecule has 6 heteroatoms. The highest BCUT2D eigenvalue weighted by Gasteiger charge is 2.35. The van der Waals surface area contributed by atoms with E-state index in [0.717, 1.165) is 29.5 Å². The third kappa shape index (κ3) is 5.65. The van der Waals surface area contributed by atoms with Crippen molar-refractivity contribution in [3.05, 3.63) is 101 Å². The lowest BCUT2D eigenvalue weighted by Crippen LogP contribution is -2.47. The van der Waals surface area contributed by atoms with Crippen LogP contribution in [0.2, 0.25) is 0 Å². The monoisotopic (exact) mass is 443 g/mol. The van der Waals surface area contributed by atoms with Crippen molar-refractivity contribution in [2.45, 2.75) is 38.5 Å². The third-order valence-electron chi connectivity index (χ3n) is 5.92. The van der Waals surface area contributed by atoms with Crippen LogP contribution in [-0.4, -0.2) is 41.0 Å². The Morgan fingerprint density at radius 1 is 1.06 bits per heavy atom. The zero-order valence-corrected chi connectivity index (χ0v) is 18.8. The molecule has 0 saturated carbocycles. The minimum atomic E-state index is -0.798. The number of hydrogen-bond donors (Lipinski definition) is 1. The smallest absolute Gasteiger partial charge is 0.273 e. The lowest BCUT2D eigenvalue weighted by Gasteiger charge is -2.33. The van der Waals surface area contributed by atoms with E-state index in [0.29, 0.717) is 25.4 Å². The van der Waals surface area contributed by atoms with Crippen molar-refractivity contribution >= 4 is 11.8 Å². The summed E-state index contributed by atoms with van der Waals surface area (Å²) in [5.74, 6) is -0.510. The van der Waals surface area contributed by atoms with Crippen molar-refractivity contribution in [1.82, 2.24) is 15.2 Å². The number of benzene rings is 2. The van der Waals surface area contributed by atoms with Crippen molar-refractivity contribution in [1.29, 1.82) is 0 Å². The molecule has 170 valence electrons. The number of aromatic nitrogens is 1. The third-order valence-corrected chi connectivity index (χ3v) is 5.92. The predicted molar refractivity (Wildman–Crippen MR) is 126 cm³/mol. The Hall–Kier alpha value is -3.51. The SMILES string of the molecule is Cc1ccccc1[C@@H](C(=O)NCc1ccccc1)N(C[C@H]1CCCO1)C(=O)c1ccccn1. The number of hydrogen-bond acceptors (Lipinski definition) is 4. The maximum absolute atomic E-state index is 13.7. The molecule has 33 heavy (non-hydrogen) atoms. The molecule has 1 aliphatic rings. The van der Waals surface area contributed by atoms with Gasteiger partial charge >= 0.3 is 0 Å². The van der Waals surface area contributed by atoms with Gasteiger partial charge in [0, 0.05) is 25.9 Å². The number of amides is 2. The molecule has 1 N–H and O–H groups in total. The summed E-state index contributed by atoms with van der Waals surface area (Å²) in [6.45, 7) is 3.34. The summed E-state index contributed by atoms with van der Waals surface area (Å²) in [5.41, 5.74) is 3.05. The van der Waals surface area contributed by atoms with Gasteiger partial charge in [0.05, 0.1) is 6.10 Å². The van der Waals surface area contributed by atoms with Crippen molar-refractivity contribution < 1.29 is 14.3 Å². The summed E-state index contributed by atoms with van der Waals surface area (Å²) in [5, 5.41) is 3.04. The Balaban J connectivity index is 1.69. The number of ether oxygens (including phenoxy) is 1. The minimum absolute atomic E-state index is 0.105. The Labute approximate surface area is 194 Å². The summed E-state index contributed by atoms with van der Waals surface area (Å²) in [7, 11) is 0. The zero-order chi connectivity index (χ0) is 23.0. The highest BCUT2D eigenvalue weighted by atomic mass is 16.5. The van der Waals surface area contributed by atoms with Crippen LogP contribution in [0.5, 0.6) is 0 Å². The van der Waals surface area contributed by atoms with Crippen LogP contribution in [0.4, 0.5) is 0 Å². The quantitative estimate of drug-likeness (QED) is 0.570. The van der Waals surface area contributed by atoms with Crippen LogP contribution < -0.4 is 5.32 Å². The van der Waals surface area contributed by atoms with Crippen molar-refractivity contribution in [2.75, 3.05) is 13.2 Å². The molecule has 1 saturated heterocycles. The zero-order valence-electron chi connectivity index (χ0n) is 18.8. The lowest BCUT2D eigenvalue weighted by molar-refractivity contribution is -0.126. The molecular weight excluding hydrogens is 414 g/mol. The fraction of sp³-hybridized carbons (Fsp3) is 0.296. The Kier molecular flexibility index (Phi) is 7.47. The number of rotatable bonds is 8. The van der Waals surface area contributed by atoms with Gasteiger partial charge in [0.25, 0.3) is 5.91 Å². The molecule has 4 rings (SSSR count). The standard InChI is InChI=1S/C27H29N3O3/c1-20-10-5-6-14-23(20)25(26(31)29-18-21-11-3-2-4-12-21)30(19-22-13-9-17-33-22)27(32)24-15-7-8-16-28-24/h2-8,10-12,14-16,22,25H,9,13,17-19H2,1H3,(H,29,31)/t22-,25+/m1/s1. The van der Waals surface area contributed by atoms with Crippen LogP contribution in [0.25, 0.3) is 0 Å². The second-order valence-corrected chi connectivity index (χ2v) is 8.27. The molecule has 0 unspecified atom stereocenters. The van der Waals surface area contributed by atoms with E-state index in [9.17, 15) is 9.59 Å². The largest absolute Gasteiger partial charge is 0.376 e. The molecule has 6 nitrogen and oxygen atoms in total. The van der Waals surface area contributed by atoms with Crippen LogP contribution in [0.15, 0.2) is 79.0 Å².